The van der Waals surface area contributed by atoms with Crippen molar-refractivity contribution in [2.24, 2.45) is 5.73 Å². The highest BCUT2D eigenvalue weighted by Crippen LogP contribution is 2.24. The summed E-state index contributed by atoms with van der Waals surface area (Å²) in [5.41, 5.74) is 6.20. The molecule has 1 unspecified atom stereocenters. The molecule has 1 aliphatic rings. The van der Waals surface area contributed by atoms with Gasteiger partial charge in [0.05, 0.1) is 4.92 Å². The Bertz CT molecular complexity index is 668. The number of carbonyl (C=O) groups excluding carboxylic acids is 2. The summed E-state index contributed by atoms with van der Waals surface area (Å²) in [6, 6.07) is 3.80. The number of nitro groups is 1. The van der Waals surface area contributed by atoms with Gasteiger partial charge in [-0.3, -0.25) is 19.7 Å². The molecule has 0 bridgehead atoms. The van der Waals surface area contributed by atoms with E-state index in [1.165, 1.54) is 18.2 Å². The fourth-order valence-corrected chi connectivity index (χ4v) is 3.04. The number of halogens is 1. The van der Waals surface area contributed by atoms with Crippen molar-refractivity contribution in [2.45, 2.75) is 38.6 Å². The van der Waals surface area contributed by atoms with Gasteiger partial charge in [0.15, 0.2) is 0 Å². The van der Waals surface area contributed by atoms with Gasteiger partial charge in [-0.25, -0.2) is 0 Å². The maximum absolute atomic E-state index is 12.7. The fourth-order valence-electron chi connectivity index (χ4n) is 3.04. The molecule has 1 aliphatic heterocycles. The number of aryl methyl sites for hydroxylation is 1. The molecule has 26 heavy (non-hydrogen) atoms. The van der Waals surface area contributed by atoms with Gasteiger partial charge in [0.25, 0.3) is 11.6 Å². The summed E-state index contributed by atoms with van der Waals surface area (Å²) in [5.74, 6) is -0.417. The van der Waals surface area contributed by atoms with Crippen LogP contribution in [0.25, 0.3) is 0 Å². The van der Waals surface area contributed by atoms with Crippen molar-refractivity contribution in [3.63, 3.8) is 0 Å². The number of hydrogen-bond donors (Lipinski definition) is 2. The number of amides is 2. The molecule has 1 saturated heterocycles. The first-order chi connectivity index (χ1) is 12.0. The number of nitrogens with one attached hydrogen (secondary N) is 1. The van der Waals surface area contributed by atoms with Gasteiger partial charge < -0.3 is 16.0 Å². The third-order valence-corrected chi connectivity index (χ3v) is 4.39. The van der Waals surface area contributed by atoms with Gasteiger partial charge in [0.1, 0.15) is 6.04 Å². The van der Waals surface area contributed by atoms with E-state index in [0.717, 1.165) is 19.3 Å². The summed E-state index contributed by atoms with van der Waals surface area (Å²) in [6.45, 7) is 3.24. The molecule has 1 heterocycles. The predicted molar refractivity (Wildman–Crippen MR) is 100 cm³/mol. The monoisotopic (exact) mass is 384 g/mol. The standard InChI is InChI=1S/C17H24N4O4.ClH/c1-12-11-13(6-7-14(12)21(24)25)17(23)20-10-4-5-15(20)16(22)19-9-3-2-8-18;/h6-7,11,15H,2-5,8-10,18H2,1H3,(H,19,22);1H. The summed E-state index contributed by atoms with van der Waals surface area (Å²) >= 11 is 0. The van der Waals surface area contributed by atoms with E-state index in [1.54, 1.807) is 11.8 Å². The second-order valence-electron chi connectivity index (χ2n) is 6.20. The largest absolute Gasteiger partial charge is 0.354 e. The molecule has 8 nitrogen and oxygen atoms in total. The molecule has 1 atom stereocenters. The Morgan fingerprint density at radius 2 is 2.12 bits per heavy atom. The topological polar surface area (TPSA) is 119 Å². The first-order valence-electron chi connectivity index (χ1n) is 8.49. The van der Waals surface area contributed by atoms with Gasteiger partial charge in [-0.2, -0.15) is 0 Å². The number of nitrogens with two attached hydrogens (primary N) is 1. The number of carbonyl (C=O) groups is 2. The first-order valence-corrected chi connectivity index (χ1v) is 8.49. The number of benzene rings is 1. The third-order valence-electron chi connectivity index (χ3n) is 4.39. The van der Waals surface area contributed by atoms with E-state index in [-0.39, 0.29) is 29.9 Å². The van der Waals surface area contributed by atoms with Crippen LogP contribution < -0.4 is 11.1 Å². The van der Waals surface area contributed by atoms with Crippen molar-refractivity contribution < 1.29 is 14.5 Å². The highest BCUT2D eigenvalue weighted by atomic mass is 35.5. The van der Waals surface area contributed by atoms with Crippen LogP contribution in [-0.2, 0) is 4.79 Å². The molecule has 3 N–H and O–H groups in total. The van der Waals surface area contributed by atoms with Gasteiger partial charge in [-0.15, -0.1) is 12.4 Å². The van der Waals surface area contributed by atoms with E-state index < -0.39 is 11.0 Å². The van der Waals surface area contributed by atoms with Crippen LogP contribution >= 0.6 is 12.4 Å². The first kappa shape index (κ1) is 21.9. The van der Waals surface area contributed by atoms with Crippen LogP contribution in [0.4, 0.5) is 5.69 Å². The number of likely N-dealkylation sites (tertiary alicyclic amines) is 1. The smallest absolute Gasteiger partial charge is 0.272 e. The molecule has 0 radical (unpaired) electrons. The Kier molecular flexibility index (Phi) is 8.47. The number of rotatable bonds is 7. The maximum Gasteiger partial charge on any atom is 0.272 e. The fraction of sp³-hybridized carbons (Fsp3) is 0.529. The average Bonchev–Trinajstić information content (AvgIpc) is 3.07. The zero-order valence-corrected chi connectivity index (χ0v) is 15.6. The molecule has 0 spiro atoms. The number of nitro benzene ring substituents is 1. The number of nitrogens with zero attached hydrogens (tertiary/aromatic N) is 2. The minimum Gasteiger partial charge on any atom is -0.354 e. The molecule has 0 aliphatic carbocycles. The molecule has 2 rings (SSSR count). The van der Waals surface area contributed by atoms with Crippen molar-refractivity contribution in [1.29, 1.82) is 0 Å². The third kappa shape index (κ3) is 5.15. The minimum atomic E-state index is -0.485. The summed E-state index contributed by atoms with van der Waals surface area (Å²) in [7, 11) is 0. The lowest BCUT2D eigenvalue weighted by atomic mass is 10.1. The molecule has 2 amide bonds. The molecule has 1 aromatic rings. The summed E-state index contributed by atoms with van der Waals surface area (Å²) < 4.78 is 0. The van der Waals surface area contributed by atoms with Crippen LogP contribution in [0, 0.1) is 17.0 Å². The van der Waals surface area contributed by atoms with Crippen LogP contribution in [0.5, 0.6) is 0 Å². The van der Waals surface area contributed by atoms with Crippen molar-refractivity contribution in [2.75, 3.05) is 19.6 Å². The van der Waals surface area contributed by atoms with Crippen molar-refractivity contribution >= 4 is 29.9 Å². The molecular formula is C17H25ClN4O4. The Hall–Kier alpha value is -2.19. The van der Waals surface area contributed by atoms with E-state index in [1.807, 2.05) is 0 Å². The molecular weight excluding hydrogens is 360 g/mol. The lowest BCUT2D eigenvalue weighted by molar-refractivity contribution is -0.385. The second-order valence-corrected chi connectivity index (χ2v) is 6.20. The van der Waals surface area contributed by atoms with Crippen LogP contribution in [0.3, 0.4) is 0 Å². The van der Waals surface area contributed by atoms with E-state index in [9.17, 15) is 19.7 Å². The van der Waals surface area contributed by atoms with Crippen LogP contribution in [-0.4, -0.2) is 47.3 Å². The van der Waals surface area contributed by atoms with Crippen LogP contribution in [0.1, 0.15) is 41.6 Å². The normalized spacial score (nSPS) is 16.1. The molecule has 0 aromatic heterocycles. The quantitative estimate of drug-likeness (QED) is 0.422. The average molecular weight is 385 g/mol. The van der Waals surface area contributed by atoms with E-state index in [4.69, 9.17) is 5.73 Å². The SMILES string of the molecule is Cc1cc(C(=O)N2CCCC2C(=O)NCCCCN)ccc1[N+](=O)[O-].Cl. The Labute approximate surface area is 158 Å². The Morgan fingerprint density at radius 1 is 1.38 bits per heavy atom. The summed E-state index contributed by atoms with van der Waals surface area (Å²) in [5, 5.41) is 13.8. The Morgan fingerprint density at radius 3 is 2.73 bits per heavy atom. The van der Waals surface area contributed by atoms with Gasteiger partial charge in [0.2, 0.25) is 5.91 Å². The van der Waals surface area contributed by atoms with E-state index >= 15 is 0 Å². The van der Waals surface area contributed by atoms with Crippen molar-refractivity contribution in [3.8, 4) is 0 Å². The lowest BCUT2D eigenvalue weighted by Gasteiger charge is -2.24. The zero-order chi connectivity index (χ0) is 18.4. The predicted octanol–water partition coefficient (Wildman–Crippen LogP) is 1.78. The maximum atomic E-state index is 12.7. The highest BCUT2D eigenvalue weighted by molar-refractivity contribution is 5.98. The number of unbranched alkanes of at least 4 members (excludes halogenated alkanes) is 1. The van der Waals surface area contributed by atoms with E-state index in [0.29, 0.717) is 37.2 Å². The second kappa shape index (κ2) is 10.1. The van der Waals surface area contributed by atoms with Gasteiger partial charge in [-0.05, 0) is 51.3 Å². The van der Waals surface area contributed by atoms with Gasteiger partial charge in [0, 0.05) is 30.3 Å². The van der Waals surface area contributed by atoms with Crippen LogP contribution in [0.15, 0.2) is 18.2 Å². The lowest BCUT2D eigenvalue weighted by Crippen LogP contribution is -2.46. The number of hydrogen-bond acceptors (Lipinski definition) is 5. The van der Waals surface area contributed by atoms with Crippen molar-refractivity contribution in [3.05, 3.63) is 39.4 Å². The summed E-state index contributed by atoms with van der Waals surface area (Å²) in [4.78, 5) is 37.0. The molecule has 9 heteroatoms. The van der Waals surface area contributed by atoms with Crippen LogP contribution in [0.2, 0.25) is 0 Å². The minimum absolute atomic E-state index is 0. The molecule has 1 aromatic carbocycles. The molecule has 144 valence electrons. The van der Waals surface area contributed by atoms with E-state index in [2.05, 4.69) is 5.32 Å². The molecule has 0 saturated carbocycles. The molecule has 1 fully saturated rings. The Balaban J connectivity index is 0.00000338. The zero-order valence-electron chi connectivity index (χ0n) is 14.8. The van der Waals surface area contributed by atoms with Gasteiger partial charge >= 0.3 is 0 Å². The van der Waals surface area contributed by atoms with Crippen molar-refractivity contribution in [1.82, 2.24) is 10.2 Å². The summed E-state index contributed by atoms with van der Waals surface area (Å²) in [6.07, 6.45) is 3.04. The van der Waals surface area contributed by atoms with Gasteiger partial charge in [-0.1, -0.05) is 0 Å². The highest BCUT2D eigenvalue weighted by Gasteiger charge is 2.34.